The minimum Gasteiger partial charge on any atom is -0.428 e. The van der Waals surface area contributed by atoms with Crippen molar-refractivity contribution in [2.75, 3.05) is 6.79 Å². The van der Waals surface area contributed by atoms with E-state index in [1.54, 1.807) is 13.8 Å². The third-order valence-electron chi connectivity index (χ3n) is 1.33. The fourth-order valence-electron chi connectivity index (χ4n) is 0.756. The van der Waals surface area contributed by atoms with Gasteiger partial charge in [-0.1, -0.05) is 24.3 Å². The van der Waals surface area contributed by atoms with E-state index in [0.717, 1.165) is 0 Å². The molecule has 4 nitrogen and oxygen atoms in total. The molecule has 0 bridgehead atoms. The number of carbonyl (C=O) groups excluding carboxylic acids is 2. The van der Waals surface area contributed by atoms with Crippen LogP contribution >= 0.6 is 0 Å². The Balaban J connectivity index is 3.61. The summed E-state index contributed by atoms with van der Waals surface area (Å²) in [5.74, 6) is -0.906. The van der Waals surface area contributed by atoms with Crippen LogP contribution in [0.2, 0.25) is 0 Å². The van der Waals surface area contributed by atoms with Crippen LogP contribution in [0, 0.1) is 0 Å². The van der Waals surface area contributed by atoms with E-state index in [1.807, 2.05) is 0 Å². The Morgan fingerprint density at radius 2 is 1.27 bits per heavy atom. The molecule has 0 saturated carbocycles. The first-order valence-corrected chi connectivity index (χ1v) is 4.52. The van der Waals surface area contributed by atoms with Crippen LogP contribution < -0.4 is 0 Å². The topological polar surface area (TPSA) is 52.6 Å². The molecule has 0 aromatic heterocycles. The van der Waals surface area contributed by atoms with Crippen LogP contribution in [0.1, 0.15) is 26.7 Å². The maximum Gasteiger partial charge on any atom is 0.312 e. The van der Waals surface area contributed by atoms with Gasteiger partial charge in [-0.15, -0.1) is 0 Å². The Hall–Kier alpha value is -1.58. The summed E-state index contributed by atoms with van der Waals surface area (Å²) in [5.41, 5.74) is 1.40. The van der Waals surface area contributed by atoms with Crippen molar-refractivity contribution < 1.29 is 19.1 Å². The molecule has 0 saturated heterocycles. The number of ether oxygens (including phenoxy) is 2. The predicted molar refractivity (Wildman–Crippen MR) is 55.9 cm³/mol. The summed E-state index contributed by atoms with van der Waals surface area (Å²) in [4.78, 5) is 21.9. The molecule has 0 aliphatic heterocycles. The Morgan fingerprint density at radius 1 is 0.933 bits per heavy atom. The first kappa shape index (κ1) is 13.4. The molecule has 0 amide bonds. The highest BCUT2D eigenvalue weighted by Gasteiger charge is 2.06. The maximum atomic E-state index is 11.0. The van der Waals surface area contributed by atoms with Gasteiger partial charge in [0.25, 0.3) is 0 Å². The van der Waals surface area contributed by atoms with Crippen molar-refractivity contribution in [2.24, 2.45) is 0 Å². The average Bonchev–Trinajstić information content (AvgIpc) is 2.00. The number of esters is 2. The van der Waals surface area contributed by atoms with E-state index < -0.39 is 11.9 Å². The summed E-state index contributed by atoms with van der Waals surface area (Å²) in [6.45, 7) is 10.2. The fraction of sp³-hybridized carbons (Fsp3) is 0.455. The lowest BCUT2D eigenvalue weighted by molar-refractivity contribution is -0.166. The summed E-state index contributed by atoms with van der Waals surface area (Å²) in [6.07, 6.45) is 0.274. The molecule has 0 aromatic carbocycles. The van der Waals surface area contributed by atoms with Gasteiger partial charge in [-0.3, -0.25) is 9.59 Å². The second-order valence-corrected chi connectivity index (χ2v) is 3.42. The van der Waals surface area contributed by atoms with Crippen LogP contribution in [0.25, 0.3) is 0 Å². The van der Waals surface area contributed by atoms with Gasteiger partial charge in [-0.25, -0.2) is 0 Å². The van der Waals surface area contributed by atoms with E-state index in [1.165, 1.54) is 0 Å². The smallest absolute Gasteiger partial charge is 0.312 e. The number of carbonyl (C=O) groups is 2. The summed E-state index contributed by atoms with van der Waals surface area (Å²) < 4.78 is 9.27. The van der Waals surface area contributed by atoms with Crippen LogP contribution in [-0.2, 0) is 19.1 Å². The van der Waals surface area contributed by atoms with Crippen molar-refractivity contribution in [3.8, 4) is 0 Å². The molecular weight excluding hydrogens is 196 g/mol. The molecule has 15 heavy (non-hydrogen) atoms. The van der Waals surface area contributed by atoms with Crippen LogP contribution in [0.3, 0.4) is 0 Å². The normalized spacial score (nSPS) is 9.20. The predicted octanol–water partition coefficient (Wildman–Crippen LogP) is 1.96. The number of hydrogen-bond acceptors (Lipinski definition) is 4. The van der Waals surface area contributed by atoms with Gasteiger partial charge in [0, 0.05) is 0 Å². The second-order valence-electron chi connectivity index (χ2n) is 3.42. The zero-order valence-corrected chi connectivity index (χ0v) is 9.17. The van der Waals surface area contributed by atoms with Crippen LogP contribution in [0.5, 0.6) is 0 Å². The molecule has 0 aliphatic rings. The Bertz CT molecular complexity index is 250. The minimum absolute atomic E-state index is 0.137. The summed E-state index contributed by atoms with van der Waals surface area (Å²) in [5, 5.41) is 0. The zero-order valence-electron chi connectivity index (χ0n) is 9.17. The molecule has 0 radical (unpaired) electrons. The average molecular weight is 212 g/mol. The van der Waals surface area contributed by atoms with E-state index in [9.17, 15) is 9.59 Å². The molecule has 0 fully saturated rings. The monoisotopic (exact) mass is 212 g/mol. The molecule has 0 rings (SSSR count). The molecule has 0 heterocycles. The molecule has 0 unspecified atom stereocenters. The Kier molecular flexibility index (Phi) is 6.09. The third-order valence-corrected chi connectivity index (χ3v) is 1.33. The molecule has 0 atom stereocenters. The molecule has 0 N–H and O–H groups in total. The first-order chi connectivity index (χ1) is 6.91. The van der Waals surface area contributed by atoms with Crippen molar-refractivity contribution in [3.63, 3.8) is 0 Å². The van der Waals surface area contributed by atoms with Gasteiger partial charge in [-0.2, -0.15) is 0 Å². The second kappa shape index (κ2) is 6.81. The third kappa shape index (κ3) is 8.74. The van der Waals surface area contributed by atoms with E-state index in [2.05, 4.69) is 22.6 Å². The van der Waals surface area contributed by atoms with Crippen molar-refractivity contribution in [3.05, 3.63) is 24.3 Å². The quantitative estimate of drug-likeness (QED) is 0.383. The van der Waals surface area contributed by atoms with Gasteiger partial charge in [0.15, 0.2) is 0 Å². The van der Waals surface area contributed by atoms with Gasteiger partial charge in [0.05, 0.1) is 12.8 Å². The lowest BCUT2D eigenvalue weighted by Gasteiger charge is -2.05. The fourth-order valence-corrected chi connectivity index (χ4v) is 0.756. The van der Waals surface area contributed by atoms with Crippen molar-refractivity contribution in [2.45, 2.75) is 26.7 Å². The first-order valence-electron chi connectivity index (χ1n) is 4.52. The largest absolute Gasteiger partial charge is 0.428 e. The van der Waals surface area contributed by atoms with E-state index in [0.29, 0.717) is 11.1 Å². The number of rotatable bonds is 6. The lowest BCUT2D eigenvalue weighted by Crippen LogP contribution is -2.12. The molecule has 0 aliphatic carbocycles. The highest BCUT2D eigenvalue weighted by Crippen LogP contribution is 2.00. The van der Waals surface area contributed by atoms with Gasteiger partial charge < -0.3 is 9.47 Å². The minimum atomic E-state index is -0.453. The van der Waals surface area contributed by atoms with Crippen molar-refractivity contribution >= 4 is 11.9 Å². The van der Waals surface area contributed by atoms with Crippen molar-refractivity contribution in [1.29, 1.82) is 0 Å². The Labute approximate surface area is 89.6 Å². The number of hydrogen-bond donors (Lipinski definition) is 0. The van der Waals surface area contributed by atoms with E-state index in [4.69, 9.17) is 0 Å². The highest BCUT2D eigenvalue weighted by molar-refractivity contribution is 5.73. The summed E-state index contributed by atoms with van der Waals surface area (Å²) in [7, 11) is 0. The zero-order chi connectivity index (χ0) is 11.8. The van der Waals surface area contributed by atoms with Crippen molar-refractivity contribution in [1.82, 2.24) is 0 Å². The highest BCUT2D eigenvalue weighted by atomic mass is 16.7. The maximum absolute atomic E-state index is 11.0. The van der Waals surface area contributed by atoms with Gasteiger partial charge in [0.1, 0.15) is 0 Å². The van der Waals surface area contributed by atoms with Crippen LogP contribution in [0.4, 0.5) is 0 Å². The van der Waals surface area contributed by atoms with Crippen LogP contribution in [0.15, 0.2) is 24.3 Å². The van der Waals surface area contributed by atoms with Crippen LogP contribution in [-0.4, -0.2) is 18.7 Å². The molecule has 0 aromatic rings. The molecule has 84 valence electrons. The molecular formula is C11H16O4. The van der Waals surface area contributed by atoms with E-state index >= 15 is 0 Å². The summed E-state index contributed by atoms with van der Waals surface area (Å²) >= 11 is 0. The van der Waals surface area contributed by atoms with Gasteiger partial charge in [-0.05, 0) is 13.8 Å². The molecule has 0 spiro atoms. The SMILES string of the molecule is C=C(C)CC(=O)OCOC(=O)CC(=C)C. The summed E-state index contributed by atoms with van der Waals surface area (Å²) in [6, 6.07) is 0. The standard InChI is InChI=1S/C11H16O4/c1-8(2)5-10(12)14-7-15-11(13)6-9(3)4/h1,3,5-7H2,2,4H3. The van der Waals surface area contributed by atoms with E-state index in [-0.39, 0.29) is 19.6 Å². The van der Waals surface area contributed by atoms with Gasteiger partial charge in [0.2, 0.25) is 6.79 Å². The lowest BCUT2D eigenvalue weighted by atomic mass is 10.2. The Morgan fingerprint density at radius 3 is 1.53 bits per heavy atom. The van der Waals surface area contributed by atoms with Gasteiger partial charge >= 0.3 is 11.9 Å². The molecule has 4 heteroatoms.